The molecule has 0 saturated carbocycles. The van der Waals surface area contributed by atoms with Gasteiger partial charge in [-0.05, 0) is 38.5 Å². The average molecular weight is 245 g/mol. The first-order valence-corrected chi connectivity index (χ1v) is 5.72. The largest absolute Gasteiger partial charge is 0.384 e. The highest BCUT2D eigenvalue weighted by Crippen LogP contribution is 2.24. The number of benzene rings is 1. The maximum Gasteiger partial charge on any atom is 0.0490 e. The van der Waals surface area contributed by atoms with E-state index in [0.29, 0.717) is 5.02 Å². The van der Waals surface area contributed by atoms with Crippen LogP contribution in [0.4, 0.5) is 5.69 Å². The third-order valence-corrected chi connectivity index (χ3v) is 2.67. The van der Waals surface area contributed by atoms with Gasteiger partial charge in [0.2, 0.25) is 0 Å². The molecule has 0 saturated heterocycles. The van der Waals surface area contributed by atoms with Crippen LogP contribution in [0.2, 0.25) is 5.02 Å². The Kier molecular flexibility index (Phi) is 4.32. The lowest BCUT2D eigenvalue weighted by molar-refractivity contribution is 0.490. The predicted octanol–water partition coefficient (Wildman–Crippen LogP) is 3.17. The first-order chi connectivity index (χ1) is 6.88. The van der Waals surface area contributed by atoms with E-state index in [1.165, 1.54) is 0 Å². The van der Waals surface area contributed by atoms with Crippen molar-refractivity contribution in [3.05, 3.63) is 23.2 Å². The highest BCUT2D eigenvalue weighted by atomic mass is 35.5. The predicted molar refractivity (Wildman–Crippen MR) is 70.1 cm³/mol. The molecule has 0 aromatic heterocycles. The Bertz CT molecular complexity index is 334. The second kappa shape index (κ2) is 5.10. The van der Waals surface area contributed by atoms with Gasteiger partial charge in [-0.2, -0.15) is 0 Å². The van der Waals surface area contributed by atoms with Gasteiger partial charge in [0.05, 0.1) is 0 Å². The van der Waals surface area contributed by atoms with Crippen LogP contribution < -0.4 is 11.1 Å². The summed E-state index contributed by atoms with van der Waals surface area (Å²) < 4.78 is 0. The number of hydrogen-bond acceptors (Lipinski definition) is 3. The molecule has 0 heterocycles. The van der Waals surface area contributed by atoms with Crippen LogP contribution in [0.15, 0.2) is 23.1 Å². The summed E-state index contributed by atoms with van der Waals surface area (Å²) in [5.74, 6) is 0. The zero-order chi connectivity index (χ0) is 11.5. The first-order valence-electron chi connectivity index (χ1n) is 4.90. The zero-order valence-electron chi connectivity index (χ0n) is 9.05. The Morgan fingerprint density at radius 3 is 2.73 bits per heavy atom. The molecule has 84 valence electrons. The number of nitrogens with two attached hydrogens (primary N) is 1. The molecule has 0 aliphatic rings. The van der Waals surface area contributed by atoms with Crippen LogP contribution >= 0.6 is 24.2 Å². The molecule has 0 atom stereocenters. The Hall–Kier alpha value is -0.380. The van der Waals surface area contributed by atoms with Gasteiger partial charge < -0.3 is 11.1 Å². The van der Waals surface area contributed by atoms with E-state index in [4.69, 9.17) is 17.3 Å². The molecule has 1 rings (SSSR count). The molecule has 1 aromatic carbocycles. The molecule has 0 spiro atoms. The van der Waals surface area contributed by atoms with E-state index in [1.54, 1.807) is 0 Å². The summed E-state index contributed by atoms with van der Waals surface area (Å²) in [5, 5.41) is 3.98. The van der Waals surface area contributed by atoms with Crippen molar-refractivity contribution in [2.45, 2.75) is 30.7 Å². The number of hydrogen-bond donors (Lipinski definition) is 3. The highest BCUT2D eigenvalue weighted by Gasteiger charge is 2.09. The van der Waals surface area contributed by atoms with E-state index in [9.17, 15) is 0 Å². The van der Waals surface area contributed by atoms with Gasteiger partial charge in [0, 0.05) is 27.7 Å². The van der Waals surface area contributed by atoms with Crippen molar-refractivity contribution in [1.82, 2.24) is 0 Å². The average Bonchev–Trinajstić information content (AvgIpc) is 2.09. The number of halogens is 1. The van der Waals surface area contributed by atoms with Gasteiger partial charge in [-0.3, -0.25) is 0 Å². The lowest BCUT2D eigenvalue weighted by Crippen LogP contribution is -2.34. The number of anilines is 1. The lowest BCUT2D eigenvalue weighted by atomic mass is 10.0. The third-order valence-electron chi connectivity index (χ3n) is 2.04. The van der Waals surface area contributed by atoms with Crippen molar-refractivity contribution in [3.8, 4) is 0 Å². The van der Waals surface area contributed by atoms with Gasteiger partial charge in [0.1, 0.15) is 0 Å². The summed E-state index contributed by atoms with van der Waals surface area (Å²) in [6, 6.07) is 5.57. The molecule has 0 unspecified atom stereocenters. The fraction of sp³-hybridized carbons (Fsp3) is 0.455. The van der Waals surface area contributed by atoms with E-state index in [2.05, 4.69) is 17.9 Å². The Labute approximate surface area is 102 Å². The Morgan fingerprint density at radius 2 is 2.13 bits per heavy atom. The van der Waals surface area contributed by atoms with Crippen molar-refractivity contribution < 1.29 is 0 Å². The summed E-state index contributed by atoms with van der Waals surface area (Å²) in [4.78, 5) is 0.897. The Balaban J connectivity index is 2.54. The van der Waals surface area contributed by atoms with Crippen LogP contribution in [-0.2, 0) is 0 Å². The summed E-state index contributed by atoms with van der Waals surface area (Å²) in [6.07, 6.45) is 0.896. The molecule has 4 heteroatoms. The van der Waals surface area contributed by atoms with Crippen LogP contribution in [0, 0.1) is 0 Å². The minimum atomic E-state index is -0.150. The number of rotatable bonds is 4. The van der Waals surface area contributed by atoms with Crippen molar-refractivity contribution >= 4 is 29.9 Å². The summed E-state index contributed by atoms with van der Waals surface area (Å²) in [7, 11) is 0. The van der Waals surface area contributed by atoms with E-state index in [-0.39, 0.29) is 5.54 Å². The van der Waals surface area contributed by atoms with Gasteiger partial charge >= 0.3 is 0 Å². The van der Waals surface area contributed by atoms with Gasteiger partial charge in [0.25, 0.3) is 0 Å². The van der Waals surface area contributed by atoms with Gasteiger partial charge in [-0.25, -0.2) is 0 Å². The van der Waals surface area contributed by atoms with E-state index in [0.717, 1.165) is 23.5 Å². The van der Waals surface area contributed by atoms with Crippen molar-refractivity contribution in [2.24, 2.45) is 5.73 Å². The molecule has 0 amide bonds. The van der Waals surface area contributed by atoms with Crippen LogP contribution in [0.3, 0.4) is 0 Å². The smallest absolute Gasteiger partial charge is 0.0490 e. The lowest BCUT2D eigenvalue weighted by Gasteiger charge is -2.19. The summed E-state index contributed by atoms with van der Waals surface area (Å²) >= 11 is 10.2. The topological polar surface area (TPSA) is 38.0 Å². The number of nitrogens with one attached hydrogen (secondary N) is 1. The third kappa shape index (κ3) is 4.78. The molecule has 3 N–H and O–H groups in total. The Morgan fingerprint density at radius 1 is 1.47 bits per heavy atom. The monoisotopic (exact) mass is 244 g/mol. The minimum absolute atomic E-state index is 0.150. The molecule has 0 aliphatic heterocycles. The fourth-order valence-corrected chi connectivity index (χ4v) is 1.56. The fourth-order valence-electron chi connectivity index (χ4n) is 1.17. The number of thiol groups is 1. The summed E-state index contributed by atoms with van der Waals surface area (Å²) in [6.45, 7) is 4.83. The van der Waals surface area contributed by atoms with Crippen LogP contribution in [0.25, 0.3) is 0 Å². The second-order valence-corrected chi connectivity index (χ2v) is 5.25. The molecule has 0 aliphatic carbocycles. The van der Waals surface area contributed by atoms with Crippen molar-refractivity contribution in [2.75, 3.05) is 11.9 Å². The molecule has 0 fully saturated rings. The highest BCUT2D eigenvalue weighted by molar-refractivity contribution is 7.80. The molecule has 0 radical (unpaired) electrons. The van der Waals surface area contributed by atoms with E-state index < -0.39 is 0 Å². The molecule has 15 heavy (non-hydrogen) atoms. The summed E-state index contributed by atoms with van der Waals surface area (Å²) in [5.41, 5.74) is 6.69. The normalized spacial score (nSPS) is 11.5. The van der Waals surface area contributed by atoms with Crippen LogP contribution in [-0.4, -0.2) is 12.1 Å². The zero-order valence-corrected chi connectivity index (χ0v) is 10.7. The van der Waals surface area contributed by atoms with Crippen molar-refractivity contribution in [3.63, 3.8) is 0 Å². The maximum absolute atomic E-state index is 5.89. The molecular weight excluding hydrogens is 228 g/mol. The molecule has 1 aromatic rings. The molecular formula is C11H17ClN2S. The van der Waals surface area contributed by atoms with Gasteiger partial charge in [-0.15, -0.1) is 12.6 Å². The maximum atomic E-state index is 5.89. The SMILES string of the molecule is CC(C)(N)CCNc1cc(Cl)ccc1S. The molecule has 2 nitrogen and oxygen atoms in total. The second-order valence-electron chi connectivity index (χ2n) is 4.33. The van der Waals surface area contributed by atoms with Crippen LogP contribution in [0.1, 0.15) is 20.3 Å². The van der Waals surface area contributed by atoms with E-state index in [1.807, 2.05) is 32.0 Å². The van der Waals surface area contributed by atoms with Crippen LogP contribution in [0.5, 0.6) is 0 Å². The van der Waals surface area contributed by atoms with Crippen molar-refractivity contribution in [1.29, 1.82) is 0 Å². The van der Waals surface area contributed by atoms with Gasteiger partial charge in [-0.1, -0.05) is 11.6 Å². The minimum Gasteiger partial charge on any atom is -0.384 e. The first kappa shape index (κ1) is 12.7. The van der Waals surface area contributed by atoms with Gasteiger partial charge in [0.15, 0.2) is 0 Å². The molecule has 0 bridgehead atoms. The standard InChI is InChI=1S/C11H17ClN2S/c1-11(2,13)5-6-14-9-7-8(12)3-4-10(9)15/h3-4,7,14-15H,5-6,13H2,1-2H3. The van der Waals surface area contributed by atoms with E-state index >= 15 is 0 Å². The quantitative estimate of drug-likeness (QED) is 0.712.